The summed E-state index contributed by atoms with van der Waals surface area (Å²) < 4.78 is 18.5. The topological polar surface area (TPSA) is 68.2 Å². The molecule has 0 saturated heterocycles. The summed E-state index contributed by atoms with van der Waals surface area (Å²) in [6.45, 7) is 0.356. The van der Waals surface area contributed by atoms with Crippen LogP contribution in [0.4, 0.5) is 4.39 Å². The first-order valence-corrected chi connectivity index (χ1v) is 8.31. The molecule has 0 radical (unpaired) electrons. The third-order valence-electron chi connectivity index (χ3n) is 4.73. The molecule has 0 spiro atoms. The van der Waals surface area contributed by atoms with Gasteiger partial charge in [-0.1, -0.05) is 6.07 Å². The molecule has 2 heterocycles. The number of ether oxygens (including phenoxy) is 1. The number of carbonyl (C=O) groups is 2. The van der Waals surface area contributed by atoms with Crippen LogP contribution in [0.5, 0.6) is 0 Å². The zero-order valence-electron chi connectivity index (χ0n) is 13.5. The van der Waals surface area contributed by atoms with Crippen molar-refractivity contribution in [1.82, 2.24) is 5.06 Å². The van der Waals surface area contributed by atoms with Gasteiger partial charge in [0.05, 0.1) is 12.6 Å². The Kier molecular flexibility index (Phi) is 3.99. The highest BCUT2D eigenvalue weighted by molar-refractivity contribution is 5.99. The summed E-state index contributed by atoms with van der Waals surface area (Å²) in [6, 6.07) is 4.86. The normalized spacial score (nSPS) is 26.6. The summed E-state index contributed by atoms with van der Waals surface area (Å²) in [5.74, 6) is -1.13. The molecule has 1 aliphatic carbocycles. The summed E-state index contributed by atoms with van der Waals surface area (Å²) in [7, 11) is 0. The maximum absolute atomic E-state index is 13.4. The number of benzene rings is 1. The van der Waals surface area contributed by atoms with Crippen molar-refractivity contribution in [2.45, 2.75) is 31.7 Å². The zero-order chi connectivity index (χ0) is 17.4. The van der Waals surface area contributed by atoms with Gasteiger partial charge >= 0.3 is 18.0 Å². The Bertz CT molecular complexity index is 789. The van der Waals surface area contributed by atoms with Crippen LogP contribution in [0.25, 0.3) is 0 Å². The third-order valence-corrected chi connectivity index (χ3v) is 4.73. The minimum absolute atomic E-state index is 0.0231. The number of hydroxylamine groups is 2. The Balaban J connectivity index is 1.44. The highest BCUT2D eigenvalue weighted by Crippen LogP contribution is 2.31. The standard InChI is InChI=1S/C18H17FN2O4/c19-14-4-3-12-2-1-11(7-13(12)9-14)8-15-10-21-18(20-15)24-16(22)5-6-17(23)25-21/h3-6,9,11,15H,1-2,7-8,10H2/b6-5+. The van der Waals surface area contributed by atoms with E-state index < -0.39 is 11.9 Å². The SMILES string of the molecule is O=C1/C=C/C(=O)ON2CC(CC3CCc4ccc(F)cc4C3)N=C2O1. The Labute approximate surface area is 143 Å². The van der Waals surface area contributed by atoms with Gasteiger partial charge in [-0.15, -0.1) is 0 Å². The molecule has 6 nitrogen and oxygen atoms in total. The summed E-state index contributed by atoms with van der Waals surface area (Å²) in [6.07, 6.45) is 5.53. The van der Waals surface area contributed by atoms with Crippen LogP contribution in [0.15, 0.2) is 35.3 Å². The number of carbonyl (C=O) groups excluding carboxylic acids is 2. The Hall–Kier alpha value is -2.70. The maximum Gasteiger partial charge on any atom is 0.356 e. The molecule has 4 rings (SSSR count). The molecule has 0 aromatic heterocycles. The van der Waals surface area contributed by atoms with Crippen molar-refractivity contribution in [2.24, 2.45) is 10.9 Å². The molecule has 0 bridgehead atoms. The maximum atomic E-state index is 13.4. The molecule has 7 heteroatoms. The molecular weight excluding hydrogens is 327 g/mol. The second-order valence-corrected chi connectivity index (χ2v) is 6.55. The second kappa shape index (κ2) is 6.31. The molecule has 2 unspecified atom stereocenters. The molecule has 2 aliphatic heterocycles. The first kappa shape index (κ1) is 15.8. The second-order valence-electron chi connectivity index (χ2n) is 6.55. The average molecular weight is 344 g/mol. The number of hydrogen-bond acceptors (Lipinski definition) is 6. The summed E-state index contributed by atoms with van der Waals surface area (Å²) >= 11 is 0. The van der Waals surface area contributed by atoms with Crippen LogP contribution in [0.1, 0.15) is 24.0 Å². The number of aliphatic imine (C=N–C) groups is 1. The van der Waals surface area contributed by atoms with E-state index in [0.29, 0.717) is 12.5 Å². The van der Waals surface area contributed by atoms with E-state index in [4.69, 9.17) is 9.57 Å². The predicted octanol–water partition coefficient (Wildman–Crippen LogP) is 1.93. The first-order chi connectivity index (χ1) is 12.1. The van der Waals surface area contributed by atoms with Crippen molar-refractivity contribution in [3.63, 3.8) is 0 Å². The van der Waals surface area contributed by atoms with E-state index in [0.717, 1.165) is 43.4 Å². The first-order valence-electron chi connectivity index (χ1n) is 8.31. The number of rotatable bonds is 2. The fourth-order valence-corrected chi connectivity index (χ4v) is 3.60. The molecule has 1 aromatic rings. The van der Waals surface area contributed by atoms with Crippen LogP contribution in [0.2, 0.25) is 0 Å². The van der Waals surface area contributed by atoms with E-state index in [1.165, 1.54) is 16.7 Å². The van der Waals surface area contributed by atoms with E-state index in [-0.39, 0.29) is 17.9 Å². The fourth-order valence-electron chi connectivity index (χ4n) is 3.60. The Morgan fingerprint density at radius 1 is 1.20 bits per heavy atom. The van der Waals surface area contributed by atoms with Crippen molar-refractivity contribution in [2.75, 3.05) is 6.54 Å². The zero-order valence-corrected chi connectivity index (χ0v) is 13.5. The van der Waals surface area contributed by atoms with Gasteiger partial charge in [-0.25, -0.2) is 19.0 Å². The van der Waals surface area contributed by atoms with E-state index in [1.54, 1.807) is 6.07 Å². The highest BCUT2D eigenvalue weighted by atomic mass is 19.1. The van der Waals surface area contributed by atoms with Crippen molar-refractivity contribution in [1.29, 1.82) is 0 Å². The fraction of sp³-hybridized carbons (Fsp3) is 0.389. The number of hydrogen-bond donors (Lipinski definition) is 0. The molecule has 0 N–H and O–H groups in total. The molecular formula is C18H17FN2O4. The van der Waals surface area contributed by atoms with Crippen molar-refractivity contribution < 1.29 is 23.6 Å². The molecule has 2 atom stereocenters. The van der Waals surface area contributed by atoms with E-state index in [2.05, 4.69) is 4.99 Å². The largest absolute Gasteiger partial charge is 0.387 e. The van der Waals surface area contributed by atoms with E-state index in [9.17, 15) is 14.0 Å². The summed E-state index contributed by atoms with van der Waals surface area (Å²) in [4.78, 5) is 32.6. The van der Waals surface area contributed by atoms with E-state index >= 15 is 0 Å². The van der Waals surface area contributed by atoms with Gasteiger partial charge in [0.2, 0.25) is 0 Å². The highest BCUT2D eigenvalue weighted by Gasteiger charge is 2.34. The molecule has 130 valence electrons. The van der Waals surface area contributed by atoms with Crippen molar-refractivity contribution in [3.8, 4) is 0 Å². The van der Waals surface area contributed by atoms with Gasteiger partial charge in [0.15, 0.2) is 0 Å². The molecule has 1 aromatic carbocycles. The lowest BCUT2D eigenvalue weighted by molar-refractivity contribution is -0.171. The van der Waals surface area contributed by atoms with Crippen molar-refractivity contribution >= 4 is 18.0 Å². The van der Waals surface area contributed by atoms with Crippen LogP contribution in [-0.2, 0) is 32.0 Å². The van der Waals surface area contributed by atoms with Crippen LogP contribution in [0, 0.1) is 11.7 Å². The van der Waals surface area contributed by atoms with Gasteiger partial charge in [0, 0.05) is 12.2 Å². The smallest absolute Gasteiger partial charge is 0.356 e. The lowest BCUT2D eigenvalue weighted by Gasteiger charge is -2.26. The predicted molar refractivity (Wildman–Crippen MR) is 85.8 cm³/mol. The number of aryl methyl sites for hydroxylation is 1. The minimum Gasteiger partial charge on any atom is -0.387 e. The van der Waals surface area contributed by atoms with Gasteiger partial charge in [0.25, 0.3) is 0 Å². The number of fused-ring (bicyclic) bond motifs is 2. The number of halogens is 1. The van der Waals surface area contributed by atoms with Gasteiger partial charge in [-0.3, -0.25) is 0 Å². The van der Waals surface area contributed by atoms with Crippen LogP contribution in [0.3, 0.4) is 0 Å². The Morgan fingerprint density at radius 2 is 2.04 bits per heavy atom. The van der Waals surface area contributed by atoms with Crippen LogP contribution < -0.4 is 0 Å². The lowest BCUT2D eigenvalue weighted by atomic mass is 9.81. The van der Waals surface area contributed by atoms with Gasteiger partial charge in [-0.05, 0) is 54.9 Å². The summed E-state index contributed by atoms with van der Waals surface area (Å²) in [5.41, 5.74) is 2.25. The van der Waals surface area contributed by atoms with Gasteiger partial charge in [-0.2, -0.15) is 5.06 Å². The Morgan fingerprint density at radius 3 is 2.92 bits per heavy atom. The van der Waals surface area contributed by atoms with Gasteiger partial charge < -0.3 is 9.57 Å². The van der Waals surface area contributed by atoms with Crippen LogP contribution in [-0.4, -0.2) is 35.6 Å². The van der Waals surface area contributed by atoms with Gasteiger partial charge in [0.1, 0.15) is 5.82 Å². The molecule has 0 saturated carbocycles. The van der Waals surface area contributed by atoms with Crippen molar-refractivity contribution in [3.05, 3.63) is 47.3 Å². The molecule has 0 fully saturated rings. The third kappa shape index (κ3) is 3.40. The molecule has 25 heavy (non-hydrogen) atoms. The quantitative estimate of drug-likeness (QED) is 0.767. The average Bonchev–Trinajstić information content (AvgIpc) is 2.92. The monoisotopic (exact) mass is 344 g/mol. The number of esters is 1. The van der Waals surface area contributed by atoms with E-state index in [1.807, 2.05) is 6.07 Å². The van der Waals surface area contributed by atoms with Crippen LogP contribution >= 0.6 is 0 Å². The number of nitrogens with zero attached hydrogens (tertiary/aromatic N) is 2. The minimum atomic E-state index is -0.650. The summed E-state index contributed by atoms with van der Waals surface area (Å²) in [5, 5.41) is 1.23. The lowest BCUT2D eigenvalue weighted by Crippen LogP contribution is -2.35. The molecule has 3 aliphatic rings. The molecule has 0 amide bonds. The number of amidine groups is 1.